The summed E-state index contributed by atoms with van der Waals surface area (Å²) in [5, 5.41) is 0. The van der Waals surface area contributed by atoms with Gasteiger partial charge >= 0.3 is 0 Å². The lowest BCUT2D eigenvalue weighted by Crippen LogP contribution is -2.36. The second kappa shape index (κ2) is 4.59. The highest BCUT2D eigenvalue weighted by atomic mass is 16.5. The van der Waals surface area contributed by atoms with Gasteiger partial charge in [-0.05, 0) is 25.6 Å². The first kappa shape index (κ1) is 10.4. The van der Waals surface area contributed by atoms with Crippen LogP contribution in [0.5, 0.6) is 0 Å². The molecule has 15 heavy (non-hydrogen) atoms. The molecule has 1 unspecified atom stereocenters. The van der Waals surface area contributed by atoms with Crippen LogP contribution in [-0.2, 0) is 4.74 Å². The molecule has 1 aromatic rings. The molecule has 1 fully saturated rings. The fourth-order valence-electron chi connectivity index (χ4n) is 1.74. The molecular formula is C11H15NO3. The van der Waals surface area contributed by atoms with Crippen molar-refractivity contribution in [3.63, 3.8) is 0 Å². The van der Waals surface area contributed by atoms with E-state index in [1.807, 2.05) is 11.9 Å². The smallest absolute Gasteiger partial charge is 0.211 e. The maximum absolute atomic E-state index is 11.7. The topological polar surface area (TPSA) is 42.7 Å². The summed E-state index contributed by atoms with van der Waals surface area (Å²) < 4.78 is 10.3. The van der Waals surface area contributed by atoms with Gasteiger partial charge in [0, 0.05) is 12.6 Å². The third-order valence-electron chi connectivity index (χ3n) is 2.72. The van der Waals surface area contributed by atoms with Crippen LogP contribution in [0, 0.1) is 0 Å². The summed E-state index contributed by atoms with van der Waals surface area (Å²) in [5.74, 6) is 0.454. The van der Waals surface area contributed by atoms with Crippen molar-refractivity contribution < 1.29 is 13.9 Å². The molecule has 2 rings (SSSR count). The number of Topliss-reactive ketones (excluding diaryl/α,β-unsaturated/α-hetero) is 1. The molecular weight excluding hydrogens is 194 g/mol. The van der Waals surface area contributed by atoms with E-state index in [0.717, 1.165) is 19.6 Å². The minimum absolute atomic E-state index is 0.0226. The second-order valence-corrected chi connectivity index (χ2v) is 3.83. The molecule has 2 heterocycles. The van der Waals surface area contributed by atoms with Gasteiger partial charge in [0.05, 0.1) is 19.4 Å². The summed E-state index contributed by atoms with van der Waals surface area (Å²) in [6.45, 7) is 1.91. The number of carbonyl (C=O) groups excluding carboxylic acids is 1. The van der Waals surface area contributed by atoms with Crippen molar-refractivity contribution in [3.05, 3.63) is 24.2 Å². The summed E-state index contributed by atoms with van der Waals surface area (Å²) >= 11 is 0. The van der Waals surface area contributed by atoms with Crippen molar-refractivity contribution in [1.82, 2.24) is 4.90 Å². The molecule has 1 aromatic heterocycles. The highest BCUT2D eigenvalue weighted by Crippen LogP contribution is 2.11. The van der Waals surface area contributed by atoms with Gasteiger partial charge in [-0.2, -0.15) is 0 Å². The van der Waals surface area contributed by atoms with Gasteiger partial charge in [0.25, 0.3) is 0 Å². The molecule has 0 aliphatic carbocycles. The first-order chi connectivity index (χ1) is 7.27. The molecule has 4 nitrogen and oxygen atoms in total. The Bertz CT molecular complexity index is 315. The number of likely N-dealkylation sites (N-methyl/N-ethyl adjacent to an activating group) is 1. The van der Waals surface area contributed by atoms with Gasteiger partial charge in [-0.25, -0.2) is 0 Å². The molecule has 0 saturated carbocycles. The zero-order chi connectivity index (χ0) is 10.7. The number of nitrogens with zero attached hydrogens (tertiary/aromatic N) is 1. The third-order valence-corrected chi connectivity index (χ3v) is 2.72. The SMILES string of the molecule is CN(CC(=O)c1ccco1)C1CCOC1. The van der Waals surface area contributed by atoms with Crippen LogP contribution in [0.2, 0.25) is 0 Å². The fraction of sp³-hybridized carbons (Fsp3) is 0.545. The molecule has 0 N–H and O–H groups in total. The van der Waals surface area contributed by atoms with Crippen molar-refractivity contribution in [2.45, 2.75) is 12.5 Å². The van der Waals surface area contributed by atoms with Crippen LogP contribution < -0.4 is 0 Å². The first-order valence-corrected chi connectivity index (χ1v) is 5.12. The Balaban J connectivity index is 1.88. The number of ketones is 1. The van der Waals surface area contributed by atoms with Crippen LogP contribution in [0.4, 0.5) is 0 Å². The lowest BCUT2D eigenvalue weighted by Gasteiger charge is -2.21. The van der Waals surface area contributed by atoms with Crippen molar-refractivity contribution in [1.29, 1.82) is 0 Å². The molecule has 1 aliphatic heterocycles. The Hall–Kier alpha value is -1.13. The fourth-order valence-corrected chi connectivity index (χ4v) is 1.74. The lowest BCUT2D eigenvalue weighted by molar-refractivity contribution is 0.0880. The largest absolute Gasteiger partial charge is 0.461 e. The molecule has 0 spiro atoms. The normalized spacial score (nSPS) is 21.1. The average Bonchev–Trinajstić information content (AvgIpc) is 2.91. The summed E-state index contributed by atoms with van der Waals surface area (Å²) in [6, 6.07) is 3.79. The summed E-state index contributed by atoms with van der Waals surface area (Å²) in [6.07, 6.45) is 2.52. The third kappa shape index (κ3) is 2.46. The van der Waals surface area contributed by atoms with E-state index in [2.05, 4.69) is 0 Å². The summed E-state index contributed by atoms with van der Waals surface area (Å²) in [7, 11) is 1.94. The zero-order valence-electron chi connectivity index (χ0n) is 8.81. The van der Waals surface area contributed by atoms with Gasteiger partial charge in [-0.3, -0.25) is 9.69 Å². The number of furan rings is 1. The number of carbonyl (C=O) groups is 1. The zero-order valence-corrected chi connectivity index (χ0v) is 8.81. The quantitative estimate of drug-likeness (QED) is 0.698. The van der Waals surface area contributed by atoms with Crippen LogP contribution >= 0.6 is 0 Å². The van der Waals surface area contributed by atoms with Gasteiger partial charge in [0.15, 0.2) is 5.76 Å². The van der Waals surface area contributed by atoms with Gasteiger partial charge < -0.3 is 9.15 Å². The predicted octanol–water partition coefficient (Wildman–Crippen LogP) is 1.18. The Morgan fingerprint density at radius 1 is 1.67 bits per heavy atom. The number of ether oxygens (including phenoxy) is 1. The van der Waals surface area contributed by atoms with Gasteiger partial charge in [-0.15, -0.1) is 0 Å². The van der Waals surface area contributed by atoms with Crippen molar-refractivity contribution >= 4 is 5.78 Å². The van der Waals surface area contributed by atoms with Crippen molar-refractivity contribution in [2.24, 2.45) is 0 Å². The molecule has 0 bridgehead atoms. The van der Waals surface area contributed by atoms with Crippen LogP contribution in [0.1, 0.15) is 17.0 Å². The Kier molecular flexibility index (Phi) is 3.18. The minimum Gasteiger partial charge on any atom is -0.461 e. The Morgan fingerprint density at radius 3 is 3.13 bits per heavy atom. The van der Waals surface area contributed by atoms with Crippen LogP contribution in [-0.4, -0.2) is 43.5 Å². The molecule has 1 atom stereocenters. The molecule has 82 valence electrons. The molecule has 1 saturated heterocycles. The number of rotatable bonds is 4. The van der Waals surface area contributed by atoms with Gasteiger partial charge in [0.1, 0.15) is 0 Å². The van der Waals surface area contributed by atoms with E-state index in [0.29, 0.717) is 18.3 Å². The molecule has 0 aromatic carbocycles. The van der Waals surface area contributed by atoms with E-state index >= 15 is 0 Å². The standard InChI is InChI=1S/C11H15NO3/c1-12(9-4-6-14-8-9)7-10(13)11-3-2-5-15-11/h2-3,5,9H,4,6-8H2,1H3. The molecule has 0 radical (unpaired) electrons. The first-order valence-electron chi connectivity index (χ1n) is 5.12. The number of hydrogen-bond donors (Lipinski definition) is 0. The number of hydrogen-bond acceptors (Lipinski definition) is 4. The van der Waals surface area contributed by atoms with Crippen LogP contribution in [0.25, 0.3) is 0 Å². The minimum atomic E-state index is 0.0226. The lowest BCUT2D eigenvalue weighted by atomic mass is 10.2. The molecule has 0 amide bonds. The van der Waals surface area contributed by atoms with E-state index < -0.39 is 0 Å². The summed E-state index contributed by atoms with van der Waals surface area (Å²) in [4.78, 5) is 13.7. The second-order valence-electron chi connectivity index (χ2n) is 3.83. The van der Waals surface area contributed by atoms with Gasteiger partial charge in [0.2, 0.25) is 5.78 Å². The van der Waals surface area contributed by atoms with E-state index in [4.69, 9.17) is 9.15 Å². The highest BCUT2D eigenvalue weighted by molar-refractivity contribution is 5.94. The molecule has 1 aliphatic rings. The van der Waals surface area contributed by atoms with Crippen LogP contribution in [0.3, 0.4) is 0 Å². The Labute approximate surface area is 88.8 Å². The van der Waals surface area contributed by atoms with Gasteiger partial charge in [-0.1, -0.05) is 0 Å². The summed E-state index contributed by atoms with van der Waals surface area (Å²) in [5.41, 5.74) is 0. The maximum Gasteiger partial charge on any atom is 0.211 e. The van der Waals surface area contributed by atoms with Crippen molar-refractivity contribution in [2.75, 3.05) is 26.8 Å². The van der Waals surface area contributed by atoms with Crippen LogP contribution in [0.15, 0.2) is 22.8 Å². The Morgan fingerprint density at radius 2 is 2.53 bits per heavy atom. The average molecular weight is 209 g/mol. The van der Waals surface area contributed by atoms with E-state index in [-0.39, 0.29) is 5.78 Å². The van der Waals surface area contributed by atoms with E-state index in [1.54, 1.807) is 12.1 Å². The molecule has 4 heteroatoms. The monoisotopic (exact) mass is 209 g/mol. The maximum atomic E-state index is 11.7. The highest BCUT2D eigenvalue weighted by Gasteiger charge is 2.22. The van der Waals surface area contributed by atoms with E-state index in [1.165, 1.54) is 6.26 Å². The predicted molar refractivity (Wildman–Crippen MR) is 54.9 cm³/mol. The van der Waals surface area contributed by atoms with E-state index in [9.17, 15) is 4.79 Å². The van der Waals surface area contributed by atoms with Crippen molar-refractivity contribution in [3.8, 4) is 0 Å².